The molecule has 2 aromatic carbocycles. The summed E-state index contributed by atoms with van der Waals surface area (Å²) >= 11 is 0. The Labute approximate surface area is 123 Å². The fraction of sp³-hybridized carbons (Fsp3) is 0.250. The van der Waals surface area contributed by atoms with Gasteiger partial charge in [-0.05, 0) is 5.92 Å². The van der Waals surface area contributed by atoms with Crippen LogP contribution in [0.5, 0.6) is 0 Å². The quantitative estimate of drug-likeness (QED) is 0.677. The van der Waals surface area contributed by atoms with Gasteiger partial charge in [0.05, 0.1) is 0 Å². The molecule has 0 aliphatic rings. The molecule has 0 aliphatic carbocycles. The van der Waals surface area contributed by atoms with Gasteiger partial charge >= 0.3 is 0 Å². The van der Waals surface area contributed by atoms with Crippen LogP contribution in [-0.2, 0) is 26.2 Å². The molecule has 0 saturated carbocycles. The van der Waals surface area contributed by atoms with Gasteiger partial charge in [-0.1, -0.05) is 19.9 Å². The van der Waals surface area contributed by atoms with E-state index < -0.39 is 0 Å². The van der Waals surface area contributed by atoms with Crippen LogP contribution in [0.25, 0.3) is 10.8 Å². The van der Waals surface area contributed by atoms with Crippen molar-refractivity contribution in [2.75, 3.05) is 0 Å². The monoisotopic (exact) mass is 319 g/mol. The predicted octanol–water partition coefficient (Wildman–Crippen LogP) is 4.52. The van der Waals surface area contributed by atoms with Gasteiger partial charge in [0.2, 0.25) is 0 Å². The molecule has 0 aliphatic heterocycles. The van der Waals surface area contributed by atoms with Crippen molar-refractivity contribution < 1.29 is 26.2 Å². The van der Waals surface area contributed by atoms with E-state index in [1.54, 1.807) is 0 Å². The molecular formula is C12H15Cl2Zr-. The first-order valence-electron chi connectivity index (χ1n) is 4.43. The molecule has 82 valence electrons. The minimum Gasteiger partial charge on any atom is -0.165 e. The van der Waals surface area contributed by atoms with E-state index in [-0.39, 0.29) is 51.0 Å². The first-order chi connectivity index (χ1) is 5.77. The molecule has 0 fully saturated rings. The Kier molecular flexibility index (Phi) is 8.90. The second kappa shape index (κ2) is 7.55. The molecule has 0 aromatic heterocycles. The van der Waals surface area contributed by atoms with Crippen LogP contribution in [0, 0.1) is 0 Å². The third kappa shape index (κ3) is 3.98. The summed E-state index contributed by atoms with van der Waals surface area (Å²) in [6.07, 6.45) is 0. The first kappa shape index (κ1) is 17.7. The maximum Gasteiger partial charge on any atom is 0 e. The van der Waals surface area contributed by atoms with Gasteiger partial charge in [0.25, 0.3) is 0 Å². The van der Waals surface area contributed by atoms with Crippen LogP contribution in [0.2, 0.25) is 0 Å². The Bertz CT molecular complexity index is 360. The van der Waals surface area contributed by atoms with E-state index in [2.05, 4.69) is 50.2 Å². The van der Waals surface area contributed by atoms with Crippen LogP contribution in [0.4, 0.5) is 0 Å². The van der Waals surface area contributed by atoms with Crippen LogP contribution in [-0.4, -0.2) is 0 Å². The van der Waals surface area contributed by atoms with Gasteiger partial charge in [-0.3, -0.25) is 0 Å². The van der Waals surface area contributed by atoms with Crippen LogP contribution >= 0.6 is 24.8 Å². The number of fused-ring (bicyclic) bond motifs is 1. The normalized spacial score (nSPS) is 9.00. The largest absolute Gasteiger partial charge is 0.165 e. The van der Waals surface area contributed by atoms with Crippen molar-refractivity contribution in [2.24, 2.45) is 0 Å². The van der Waals surface area contributed by atoms with Gasteiger partial charge in [0.15, 0.2) is 0 Å². The van der Waals surface area contributed by atoms with Gasteiger partial charge in [-0.2, -0.15) is 6.07 Å². The second-order valence-electron chi connectivity index (χ2n) is 3.57. The number of hydrogen-bond donors (Lipinski definition) is 0. The number of rotatable bonds is 1. The van der Waals surface area contributed by atoms with Gasteiger partial charge < -0.3 is 0 Å². The Morgan fingerprint density at radius 2 is 1.67 bits per heavy atom. The topological polar surface area (TPSA) is 0 Å². The molecule has 0 nitrogen and oxygen atoms in total. The summed E-state index contributed by atoms with van der Waals surface area (Å²) in [5, 5.41) is 2.72. The minimum atomic E-state index is 0. The molecule has 0 atom stereocenters. The van der Waals surface area contributed by atoms with Crippen molar-refractivity contribution in [3.63, 3.8) is 0 Å². The van der Waals surface area contributed by atoms with Crippen LogP contribution < -0.4 is 0 Å². The van der Waals surface area contributed by atoms with Crippen molar-refractivity contribution in [3.8, 4) is 0 Å². The first-order valence-corrected chi connectivity index (χ1v) is 4.43. The molecule has 3 heteroatoms. The Balaban J connectivity index is 0. The van der Waals surface area contributed by atoms with E-state index in [4.69, 9.17) is 0 Å². The average molecular weight is 321 g/mol. The summed E-state index contributed by atoms with van der Waals surface area (Å²) < 4.78 is 0. The molecule has 2 aromatic rings. The SMILES string of the molecule is CC(C)c1cc2ccccc2[cH-]1.Cl.Cl.[Zr]. The Hall–Kier alpha value is 0.293. The zero-order valence-electron chi connectivity index (χ0n) is 8.86. The van der Waals surface area contributed by atoms with Crippen molar-refractivity contribution in [1.82, 2.24) is 0 Å². The smallest absolute Gasteiger partial charge is 0 e. The standard InChI is InChI=1S/C12H13.2ClH.Zr/c1-9(2)12-7-10-5-3-4-6-11(10)8-12;;;/h3-9H,1-2H3;2*1H;/q-1;;;. The molecule has 0 spiro atoms. The molecule has 0 saturated heterocycles. The van der Waals surface area contributed by atoms with E-state index >= 15 is 0 Å². The van der Waals surface area contributed by atoms with E-state index in [1.807, 2.05) is 0 Å². The number of halogens is 2. The maximum atomic E-state index is 2.28. The summed E-state index contributed by atoms with van der Waals surface area (Å²) in [5.74, 6) is 0.636. The van der Waals surface area contributed by atoms with E-state index in [0.717, 1.165) is 0 Å². The molecule has 0 heterocycles. The zero-order valence-corrected chi connectivity index (χ0v) is 12.9. The summed E-state index contributed by atoms with van der Waals surface area (Å²) in [7, 11) is 0. The fourth-order valence-corrected chi connectivity index (χ4v) is 1.51. The second-order valence-corrected chi connectivity index (χ2v) is 3.57. The average Bonchev–Trinajstić information content (AvgIpc) is 2.46. The van der Waals surface area contributed by atoms with Crippen LogP contribution in [0.1, 0.15) is 25.3 Å². The van der Waals surface area contributed by atoms with E-state index in [1.165, 1.54) is 16.3 Å². The van der Waals surface area contributed by atoms with Crippen LogP contribution in [0.3, 0.4) is 0 Å². The molecule has 0 unspecified atom stereocenters. The van der Waals surface area contributed by atoms with Crippen molar-refractivity contribution >= 4 is 35.6 Å². The zero-order chi connectivity index (χ0) is 8.55. The minimum absolute atomic E-state index is 0. The fourth-order valence-electron chi connectivity index (χ4n) is 1.51. The molecular weight excluding hydrogens is 306 g/mol. The third-order valence-electron chi connectivity index (χ3n) is 2.31. The maximum absolute atomic E-state index is 2.28. The summed E-state index contributed by atoms with van der Waals surface area (Å²) in [6.45, 7) is 4.46. The van der Waals surface area contributed by atoms with Crippen molar-refractivity contribution in [1.29, 1.82) is 0 Å². The van der Waals surface area contributed by atoms with Crippen molar-refractivity contribution in [3.05, 3.63) is 42.0 Å². The summed E-state index contributed by atoms with van der Waals surface area (Å²) in [4.78, 5) is 0. The van der Waals surface area contributed by atoms with E-state index in [0.29, 0.717) is 5.92 Å². The molecule has 15 heavy (non-hydrogen) atoms. The van der Waals surface area contributed by atoms with Gasteiger partial charge in [-0.25, -0.2) is 0 Å². The number of benzene rings is 1. The van der Waals surface area contributed by atoms with Gasteiger partial charge in [0, 0.05) is 26.2 Å². The third-order valence-corrected chi connectivity index (χ3v) is 2.31. The van der Waals surface area contributed by atoms with Crippen molar-refractivity contribution in [2.45, 2.75) is 19.8 Å². The summed E-state index contributed by atoms with van der Waals surface area (Å²) in [5.41, 5.74) is 1.44. The Morgan fingerprint density at radius 1 is 1.07 bits per heavy atom. The number of hydrogen-bond acceptors (Lipinski definition) is 0. The molecule has 0 N–H and O–H groups in total. The predicted molar refractivity (Wildman–Crippen MR) is 68.1 cm³/mol. The molecule has 2 rings (SSSR count). The molecule has 0 radical (unpaired) electrons. The molecule has 0 amide bonds. The van der Waals surface area contributed by atoms with Crippen LogP contribution in [0.15, 0.2) is 36.4 Å². The molecule has 0 bridgehead atoms. The van der Waals surface area contributed by atoms with Gasteiger partial charge in [-0.15, -0.1) is 65.4 Å². The Morgan fingerprint density at radius 3 is 2.20 bits per heavy atom. The van der Waals surface area contributed by atoms with E-state index in [9.17, 15) is 0 Å². The summed E-state index contributed by atoms with van der Waals surface area (Å²) in [6, 6.07) is 13.1. The van der Waals surface area contributed by atoms with Gasteiger partial charge in [0.1, 0.15) is 0 Å².